The van der Waals surface area contributed by atoms with Crippen molar-refractivity contribution in [2.45, 2.75) is 20.3 Å². The van der Waals surface area contributed by atoms with E-state index in [-0.39, 0.29) is 6.61 Å². The number of hydrogen-bond donors (Lipinski definition) is 1. The Labute approximate surface area is 67.9 Å². The number of hydrogen-bond acceptors (Lipinski definition) is 2. The Hall–Kier alpha value is -0.890. The van der Waals surface area contributed by atoms with Gasteiger partial charge in [-0.25, -0.2) is 0 Å². The lowest BCUT2D eigenvalue weighted by Crippen LogP contribution is -1.89. The van der Waals surface area contributed by atoms with E-state index in [1.807, 2.05) is 26.0 Å². The number of rotatable bonds is 2. The Kier molecular flexibility index (Phi) is 6.64. The van der Waals surface area contributed by atoms with Gasteiger partial charge in [0.15, 0.2) is 0 Å². The number of aliphatic hydroxyl groups excluding tert-OH is 1. The highest BCUT2D eigenvalue weighted by Crippen LogP contribution is 1.94. The molecule has 0 aliphatic heterocycles. The van der Waals surface area contributed by atoms with Crippen molar-refractivity contribution in [3.63, 3.8) is 0 Å². The van der Waals surface area contributed by atoms with Crippen LogP contribution in [-0.4, -0.2) is 16.7 Å². The van der Waals surface area contributed by atoms with Gasteiger partial charge in [-0.3, -0.25) is 4.98 Å². The number of nitrogens with zero attached hydrogens (tertiary/aromatic N) is 1. The molecule has 1 aromatic rings. The van der Waals surface area contributed by atoms with Crippen molar-refractivity contribution >= 4 is 0 Å². The minimum absolute atomic E-state index is 0.212. The van der Waals surface area contributed by atoms with Gasteiger partial charge in [0.05, 0.1) is 0 Å². The molecule has 1 aromatic heterocycles. The number of aromatic nitrogens is 1. The van der Waals surface area contributed by atoms with Crippen LogP contribution in [0.5, 0.6) is 0 Å². The molecule has 0 aliphatic carbocycles. The van der Waals surface area contributed by atoms with Crippen molar-refractivity contribution in [2.24, 2.45) is 0 Å². The second kappa shape index (κ2) is 7.22. The zero-order valence-corrected chi connectivity index (χ0v) is 7.12. The fourth-order valence-electron chi connectivity index (χ4n) is 0.679. The van der Waals surface area contributed by atoms with Crippen LogP contribution in [-0.2, 0) is 6.42 Å². The summed E-state index contributed by atoms with van der Waals surface area (Å²) in [6.45, 7) is 4.21. The largest absolute Gasteiger partial charge is 0.396 e. The second-order valence-electron chi connectivity index (χ2n) is 1.83. The van der Waals surface area contributed by atoms with Gasteiger partial charge in [-0.1, -0.05) is 13.8 Å². The van der Waals surface area contributed by atoms with Gasteiger partial charge >= 0.3 is 0 Å². The molecular formula is C9H15NO. The van der Waals surface area contributed by atoms with Crippen molar-refractivity contribution in [2.75, 3.05) is 6.61 Å². The Balaban J connectivity index is 0.000000461. The van der Waals surface area contributed by atoms with Gasteiger partial charge in [-0.05, 0) is 24.1 Å². The molecule has 0 atom stereocenters. The summed E-state index contributed by atoms with van der Waals surface area (Å²) in [5, 5.41) is 8.50. The maximum Gasteiger partial charge on any atom is 0.0471 e. The third kappa shape index (κ3) is 4.51. The standard InChI is InChI=1S/C7H9NO.C2H6/c9-6-3-7-1-4-8-5-2-7;1-2/h1-2,4-5,9H,3,6H2;1-2H3. The minimum Gasteiger partial charge on any atom is -0.396 e. The molecule has 62 valence electrons. The summed E-state index contributed by atoms with van der Waals surface area (Å²) in [6.07, 6.45) is 4.18. The smallest absolute Gasteiger partial charge is 0.0471 e. The summed E-state index contributed by atoms with van der Waals surface area (Å²) in [4.78, 5) is 3.85. The van der Waals surface area contributed by atoms with E-state index in [1.165, 1.54) is 0 Å². The van der Waals surface area contributed by atoms with E-state index in [9.17, 15) is 0 Å². The molecule has 1 N–H and O–H groups in total. The highest BCUT2D eigenvalue weighted by molar-refractivity contribution is 5.09. The molecule has 0 aromatic carbocycles. The van der Waals surface area contributed by atoms with Crippen LogP contribution in [0.15, 0.2) is 24.5 Å². The fourth-order valence-corrected chi connectivity index (χ4v) is 0.679. The molecule has 0 saturated heterocycles. The number of pyridine rings is 1. The molecule has 0 saturated carbocycles. The topological polar surface area (TPSA) is 33.1 Å². The molecule has 0 fully saturated rings. The van der Waals surface area contributed by atoms with Gasteiger partial charge in [0, 0.05) is 19.0 Å². The van der Waals surface area contributed by atoms with Crippen molar-refractivity contribution < 1.29 is 5.11 Å². The van der Waals surface area contributed by atoms with Crippen molar-refractivity contribution in [1.29, 1.82) is 0 Å². The molecule has 0 bridgehead atoms. The quantitative estimate of drug-likeness (QED) is 0.700. The SMILES string of the molecule is CC.OCCc1ccncc1. The van der Waals surface area contributed by atoms with E-state index >= 15 is 0 Å². The first-order chi connectivity index (χ1) is 5.43. The molecule has 0 amide bonds. The minimum atomic E-state index is 0.212. The van der Waals surface area contributed by atoms with Crippen LogP contribution in [0.3, 0.4) is 0 Å². The van der Waals surface area contributed by atoms with Crippen LogP contribution in [0.4, 0.5) is 0 Å². The normalized spacial score (nSPS) is 8.27. The first-order valence-corrected chi connectivity index (χ1v) is 3.93. The molecule has 0 aliphatic rings. The predicted octanol–water partition coefficient (Wildman–Crippen LogP) is 1.64. The van der Waals surface area contributed by atoms with Crippen molar-refractivity contribution in [3.05, 3.63) is 30.1 Å². The van der Waals surface area contributed by atoms with Crippen LogP contribution in [0.1, 0.15) is 19.4 Å². The molecule has 2 heteroatoms. The summed E-state index contributed by atoms with van der Waals surface area (Å²) < 4.78 is 0. The van der Waals surface area contributed by atoms with Gasteiger partial charge in [-0.2, -0.15) is 0 Å². The van der Waals surface area contributed by atoms with Crippen LogP contribution < -0.4 is 0 Å². The maximum absolute atomic E-state index is 8.50. The third-order valence-corrected chi connectivity index (χ3v) is 1.15. The maximum atomic E-state index is 8.50. The molecule has 1 heterocycles. The zero-order chi connectivity index (χ0) is 8.53. The van der Waals surface area contributed by atoms with Crippen LogP contribution in [0.2, 0.25) is 0 Å². The average molecular weight is 153 g/mol. The second-order valence-corrected chi connectivity index (χ2v) is 1.83. The summed E-state index contributed by atoms with van der Waals surface area (Å²) >= 11 is 0. The molecular weight excluding hydrogens is 138 g/mol. The predicted molar refractivity (Wildman–Crippen MR) is 46.4 cm³/mol. The van der Waals surface area contributed by atoms with Gasteiger partial charge in [-0.15, -0.1) is 0 Å². The Morgan fingerprint density at radius 3 is 2.27 bits per heavy atom. The van der Waals surface area contributed by atoms with E-state index < -0.39 is 0 Å². The Bertz CT molecular complexity index is 162. The zero-order valence-electron chi connectivity index (χ0n) is 7.12. The lowest BCUT2D eigenvalue weighted by molar-refractivity contribution is 0.299. The molecule has 0 spiro atoms. The summed E-state index contributed by atoms with van der Waals surface area (Å²) in [7, 11) is 0. The van der Waals surface area contributed by atoms with Gasteiger partial charge < -0.3 is 5.11 Å². The van der Waals surface area contributed by atoms with E-state index in [0.29, 0.717) is 0 Å². The van der Waals surface area contributed by atoms with Crippen LogP contribution in [0, 0.1) is 0 Å². The molecule has 0 radical (unpaired) electrons. The molecule has 11 heavy (non-hydrogen) atoms. The average Bonchev–Trinajstić information content (AvgIpc) is 2.11. The van der Waals surface area contributed by atoms with Crippen molar-refractivity contribution in [1.82, 2.24) is 4.98 Å². The lowest BCUT2D eigenvalue weighted by Gasteiger charge is -1.92. The Morgan fingerprint density at radius 1 is 1.27 bits per heavy atom. The molecule has 2 nitrogen and oxygen atoms in total. The van der Waals surface area contributed by atoms with Crippen LogP contribution in [0.25, 0.3) is 0 Å². The fraction of sp³-hybridized carbons (Fsp3) is 0.444. The molecule has 1 rings (SSSR count). The van der Waals surface area contributed by atoms with E-state index in [0.717, 1.165) is 12.0 Å². The lowest BCUT2D eigenvalue weighted by atomic mass is 10.2. The third-order valence-electron chi connectivity index (χ3n) is 1.15. The monoisotopic (exact) mass is 153 g/mol. The van der Waals surface area contributed by atoms with E-state index in [4.69, 9.17) is 5.11 Å². The van der Waals surface area contributed by atoms with E-state index in [1.54, 1.807) is 12.4 Å². The summed E-state index contributed by atoms with van der Waals surface area (Å²) in [5.41, 5.74) is 1.13. The summed E-state index contributed by atoms with van der Waals surface area (Å²) in [5.74, 6) is 0. The first-order valence-electron chi connectivity index (χ1n) is 3.93. The Morgan fingerprint density at radius 2 is 1.82 bits per heavy atom. The first kappa shape index (κ1) is 10.1. The highest BCUT2D eigenvalue weighted by atomic mass is 16.2. The van der Waals surface area contributed by atoms with Gasteiger partial charge in [0.2, 0.25) is 0 Å². The highest BCUT2D eigenvalue weighted by Gasteiger charge is 1.86. The summed E-state index contributed by atoms with van der Waals surface area (Å²) in [6, 6.07) is 3.80. The number of aliphatic hydroxyl groups is 1. The van der Waals surface area contributed by atoms with Crippen molar-refractivity contribution in [3.8, 4) is 0 Å². The van der Waals surface area contributed by atoms with Gasteiger partial charge in [0.1, 0.15) is 0 Å². The van der Waals surface area contributed by atoms with Gasteiger partial charge in [0.25, 0.3) is 0 Å². The molecule has 0 unspecified atom stereocenters. The van der Waals surface area contributed by atoms with E-state index in [2.05, 4.69) is 4.98 Å². The van der Waals surface area contributed by atoms with Crippen LogP contribution >= 0.6 is 0 Å².